The van der Waals surface area contributed by atoms with E-state index >= 15 is 0 Å². The van der Waals surface area contributed by atoms with E-state index in [1.54, 1.807) is 17.9 Å². The number of ether oxygens (including phenoxy) is 1. The van der Waals surface area contributed by atoms with Crippen molar-refractivity contribution in [3.63, 3.8) is 0 Å². The van der Waals surface area contributed by atoms with E-state index in [2.05, 4.69) is 5.16 Å². The molecule has 0 aliphatic heterocycles. The number of hydrogen-bond donors (Lipinski definition) is 0. The molecule has 180 valence electrons. The predicted octanol–water partition coefficient (Wildman–Crippen LogP) is 5.94. The van der Waals surface area contributed by atoms with Crippen LogP contribution in [0.15, 0.2) is 47.0 Å². The molecule has 0 fully saturated rings. The van der Waals surface area contributed by atoms with Crippen LogP contribution in [0.4, 0.5) is 5.13 Å². The van der Waals surface area contributed by atoms with Crippen LogP contribution < -0.4 is 9.64 Å². The van der Waals surface area contributed by atoms with E-state index in [4.69, 9.17) is 25.8 Å². The van der Waals surface area contributed by atoms with Gasteiger partial charge in [-0.1, -0.05) is 52.4 Å². The van der Waals surface area contributed by atoms with Gasteiger partial charge in [-0.15, -0.1) is 12.4 Å². The fourth-order valence-electron chi connectivity index (χ4n) is 3.48. The molecule has 4 aromatic rings. The number of anilines is 1. The van der Waals surface area contributed by atoms with Crippen LogP contribution in [0.5, 0.6) is 5.75 Å². The monoisotopic (exact) mass is 520 g/mol. The summed E-state index contributed by atoms with van der Waals surface area (Å²) in [6, 6.07) is 13.1. The van der Waals surface area contributed by atoms with E-state index in [-0.39, 0.29) is 18.3 Å². The minimum atomic E-state index is -0.234. The molecule has 34 heavy (non-hydrogen) atoms. The summed E-state index contributed by atoms with van der Waals surface area (Å²) in [6.45, 7) is 5.31. The number of fused-ring (bicyclic) bond motifs is 1. The summed E-state index contributed by atoms with van der Waals surface area (Å²) >= 11 is 7.86. The molecule has 10 heteroatoms. The van der Waals surface area contributed by atoms with Crippen molar-refractivity contribution in [1.82, 2.24) is 15.0 Å². The zero-order valence-electron chi connectivity index (χ0n) is 19.4. The van der Waals surface area contributed by atoms with Crippen LogP contribution in [0.25, 0.3) is 21.5 Å². The van der Waals surface area contributed by atoms with E-state index in [1.807, 2.05) is 62.3 Å². The SMILES string of the molecule is CCOc1cccc2sc(N(CCN(C)C)C(=O)c3c(-c4ccccc4Cl)noc3C)nc12.Cl. The first-order chi connectivity index (χ1) is 15.9. The van der Waals surface area contributed by atoms with Gasteiger partial charge in [0, 0.05) is 18.7 Å². The van der Waals surface area contributed by atoms with Crippen molar-refractivity contribution in [2.75, 3.05) is 38.7 Å². The molecule has 0 N–H and O–H groups in total. The Hall–Kier alpha value is -2.65. The third-order valence-corrected chi connectivity index (χ3v) is 6.50. The summed E-state index contributed by atoms with van der Waals surface area (Å²) in [4.78, 5) is 22.4. The van der Waals surface area contributed by atoms with Gasteiger partial charge in [0.15, 0.2) is 5.13 Å². The van der Waals surface area contributed by atoms with Gasteiger partial charge in [0.05, 0.1) is 16.3 Å². The second-order valence-corrected chi connectivity index (χ2v) is 9.15. The fraction of sp³-hybridized carbons (Fsp3) is 0.292. The van der Waals surface area contributed by atoms with Crippen LogP contribution in [0.1, 0.15) is 23.0 Å². The summed E-state index contributed by atoms with van der Waals surface area (Å²) in [5.41, 5.74) is 2.20. The number of amides is 1. The molecule has 1 amide bonds. The van der Waals surface area contributed by atoms with Crippen molar-refractivity contribution >= 4 is 56.6 Å². The predicted molar refractivity (Wildman–Crippen MR) is 140 cm³/mol. The fourth-order valence-corrected chi connectivity index (χ4v) is 4.71. The van der Waals surface area contributed by atoms with Crippen molar-refractivity contribution in [3.05, 3.63) is 58.8 Å². The lowest BCUT2D eigenvalue weighted by Gasteiger charge is -2.22. The summed E-state index contributed by atoms with van der Waals surface area (Å²) in [5, 5.41) is 5.26. The first-order valence-corrected chi connectivity index (χ1v) is 11.8. The molecule has 0 aliphatic carbocycles. The van der Waals surface area contributed by atoms with E-state index in [9.17, 15) is 4.79 Å². The first-order valence-electron chi connectivity index (χ1n) is 10.6. The van der Waals surface area contributed by atoms with Gasteiger partial charge in [-0.05, 0) is 46.1 Å². The number of aromatic nitrogens is 2. The largest absolute Gasteiger partial charge is 0.492 e. The maximum absolute atomic E-state index is 13.9. The molecule has 0 saturated carbocycles. The molecule has 7 nitrogen and oxygen atoms in total. The number of carbonyl (C=O) groups excluding carboxylic acids is 1. The van der Waals surface area contributed by atoms with Crippen molar-refractivity contribution in [1.29, 1.82) is 0 Å². The van der Waals surface area contributed by atoms with Crippen LogP contribution in [-0.2, 0) is 0 Å². The van der Waals surface area contributed by atoms with Gasteiger partial charge in [-0.2, -0.15) is 0 Å². The van der Waals surface area contributed by atoms with Crippen molar-refractivity contribution in [3.8, 4) is 17.0 Å². The Morgan fingerprint density at radius 3 is 2.62 bits per heavy atom. The van der Waals surface area contributed by atoms with Crippen LogP contribution in [0, 0.1) is 6.92 Å². The normalized spacial score (nSPS) is 11.0. The van der Waals surface area contributed by atoms with Crippen molar-refractivity contribution in [2.45, 2.75) is 13.8 Å². The molecular weight excluding hydrogens is 495 g/mol. The highest BCUT2D eigenvalue weighted by atomic mass is 35.5. The van der Waals surface area contributed by atoms with Crippen LogP contribution in [0.2, 0.25) is 5.02 Å². The molecule has 0 bridgehead atoms. The molecule has 0 radical (unpaired) electrons. The van der Waals surface area contributed by atoms with E-state index < -0.39 is 0 Å². The van der Waals surface area contributed by atoms with E-state index in [0.29, 0.717) is 58.2 Å². The Bertz CT molecular complexity index is 1290. The summed E-state index contributed by atoms with van der Waals surface area (Å²) in [6.07, 6.45) is 0. The number of para-hydroxylation sites is 1. The number of nitrogens with zero attached hydrogens (tertiary/aromatic N) is 4. The second-order valence-electron chi connectivity index (χ2n) is 7.73. The number of halogens is 2. The van der Waals surface area contributed by atoms with Crippen LogP contribution in [0.3, 0.4) is 0 Å². The highest BCUT2D eigenvalue weighted by molar-refractivity contribution is 7.22. The number of likely N-dealkylation sites (N-methyl/N-ethyl adjacent to an activating group) is 1. The summed E-state index contributed by atoms with van der Waals surface area (Å²) in [7, 11) is 3.93. The third kappa shape index (κ3) is 5.20. The lowest BCUT2D eigenvalue weighted by Crippen LogP contribution is -2.37. The van der Waals surface area contributed by atoms with Crippen molar-refractivity contribution < 1.29 is 14.1 Å². The minimum absolute atomic E-state index is 0. The van der Waals surface area contributed by atoms with Crippen molar-refractivity contribution in [2.24, 2.45) is 0 Å². The third-order valence-electron chi connectivity index (χ3n) is 5.12. The number of benzene rings is 2. The molecule has 2 aromatic carbocycles. The number of hydrogen-bond acceptors (Lipinski definition) is 7. The minimum Gasteiger partial charge on any atom is -0.492 e. The van der Waals surface area contributed by atoms with Gasteiger partial charge in [0.25, 0.3) is 5.91 Å². The summed E-state index contributed by atoms with van der Waals surface area (Å²) < 4.78 is 12.1. The Morgan fingerprint density at radius 2 is 1.91 bits per heavy atom. The van der Waals surface area contributed by atoms with Gasteiger partial charge in [-0.25, -0.2) is 4.98 Å². The van der Waals surface area contributed by atoms with Gasteiger partial charge in [-0.3, -0.25) is 9.69 Å². The highest BCUT2D eigenvalue weighted by Crippen LogP contribution is 2.37. The van der Waals surface area contributed by atoms with Crippen LogP contribution in [-0.4, -0.2) is 54.7 Å². The molecule has 2 heterocycles. The quantitative estimate of drug-likeness (QED) is 0.286. The van der Waals surface area contributed by atoms with Gasteiger partial charge < -0.3 is 14.2 Å². The Morgan fingerprint density at radius 1 is 1.15 bits per heavy atom. The molecule has 0 saturated heterocycles. The van der Waals surface area contributed by atoms with Crippen LogP contribution >= 0.6 is 35.3 Å². The lowest BCUT2D eigenvalue weighted by molar-refractivity contribution is 0.0984. The Balaban J connectivity index is 0.00000324. The topological polar surface area (TPSA) is 71.7 Å². The number of carbonyl (C=O) groups is 1. The standard InChI is InChI=1S/C24H25ClN4O3S.ClH/c1-5-31-18-11-8-12-19-22(18)26-24(33-19)29(14-13-28(3)4)23(30)20-15(2)32-27-21(20)16-9-6-7-10-17(16)25;/h6-12H,5,13-14H2,1-4H3;1H. The average molecular weight is 521 g/mol. The number of aryl methyl sites for hydroxylation is 1. The Kier molecular flexibility index (Phi) is 8.54. The maximum atomic E-state index is 13.9. The van der Waals surface area contributed by atoms with E-state index in [0.717, 1.165) is 10.2 Å². The maximum Gasteiger partial charge on any atom is 0.266 e. The zero-order chi connectivity index (χ0) is 23.5. The molecule has 0 atom stereocenters. The molecule has 0 spiro atoms. The van der Waals surface area contributed by atoms with E-state index in [1.165, 1.54) is 11.3 Å². The average Bonchev–Trinajstić information content (AvgIpc) is 3.38. The zero-order valence-corrected chi connectivity index (χ0v) is 21.8. The first kappa shape index (κ1) is 26.0. The summed E-state index contributed by atoms with van der Waals surface area (Å²) in [5.74, 6) is 0.902. The molecule has 0 unspecified atom stereocenters. The highest BCUT2D eigenvalue weighted by Gasteiger charge is 2.30. The molecule has 0 aliphatic rings. The molecule has 4 rings (SSSR count). The van der Waals surface area contributed by atoms with Gasteiger partial charge in [0.1, 0.15) is 28.3 Å². The molecule has 2 aromatic heterocycles. The lowest BCUT2D eigenvalue weighted by atomic mass is 10.1. The molecular formula is C24H26Cl2N4O3S. The number of thiazole rings is 1. The number of rotatable bonds is 8. The second kappa shape index (κ2) is 11.2. The smallest absolute Gasteiger partial charge is 0.266 e. The van der Waals surface area contributed by atoms with Gasteiger partial charge in [0.2, 0.25) is 0 Å². The Labute approximate surface area is 213 Å². The van der Waals surface area contributed by atoms with Gasteiger partial charge >= 0.3 is 0 Å².